The van der Waals surface area contributed by atoms with Crippen LogP contribution in [-0.4, -0.2) is 31.8 Å². The minimum atomic E-state index is -0.531. The summed E-state index contributed by atoms with van der Waals surface area (Å²) in [4.78, 5) is 24.3. The molecule has 4 aromatic carbocycles. The molecular formula is C29H24N2O5. The van der Waals surface area contributed by atoms with Gasteiger partial charge in [-0.1, -0.05) is 66.7 Å². The molecule has 7 nitrogen and oxygen atoms in total. The summed E-state index contributed by atoms with van der Waals surface area (Å²) in [6, 6.07) is 27.8. The van der Waals surface area contributed by atoms with Crippen molar-refractivity contribution in [3.8, 4) is 17.2 Å². The minimum absolute atomic E-state index is 0.180. The molecule has 0 radical (unpaired) electrons. The van der Waals surface area contributed by atoms with Crippen molar-refractivity contribution in [1.29, 1.82) is 0 Å². The van der Waals surface area contributed by atoms with E-state index in [1.54, 1.807) is 24.3 Å². The van der Waals surface area contributed by atoms with Crippen LogP contribution in [0.2, 0.25) is 0 Å². The molecule has 0 fully saturated rings. The van der Waals surface area contributed by atoms with Gasteiger partial charge in [0.15, 0.2) is 18.1 Å². The molecule has 0 saturated heterocycles. The number of esters is 1. The number of carbonyl (C=O) groups is 2. The normalized spacial score (nSPS) is 11.0. The fraction of sp³-hybridized carbons (Fsp3) is 0.0690. The summed E-state index contributed by atoms with van der Waals surface area (Å²) in [5.74, 6) is 0.315. The van der Waals surface area contributed by atoms with E-state index in [1.165, 1.54) is 19.4 Å². The van der Waals surface area contributed by atoms with Crippen LogP contribution in [0.3, 0.4) is 0 Å². The van der Waals surface area contributed by atoms with Gasteiger partial charge < -0.3 is 14.2 Å². The van der Waals surface area contributed by atoms with Crippen molar-refractivity contribution in [2.75, 3.05) is 13.7 Å². The lowest BCUT2D eigenvalue weighted by molar-refractivity contribution is -0.129. The average molecular weight is 481 g/mol. The Kier molecular flexibility index (Phi) is 8.07. The third kappa shape index (κ3) is 6.57. The van der Waals surface area contributed by atoms with Crippen molar-refractivity contribution >= 4 is 34.9 Å². The molecule has 1 N–H and O–H groups in total. The first-order valence-electron chi connectivity index (χ1n) is 11.2. The fourth-order valence-corrected chi connectivity index (χ4v) is 3.40. The van der Waals surface area contributed by atoms with E-state index in [2.05, 4.69) is 10.5 Å². The molecule has 0 aromatic heterocycles. The molecule has 4 rings (SSSR count). The maximum atomic E-state index is 12.2. The summed E-state index contributed by atoms with van der Waals surface area (Å²) in [6.07, 6.45) is 4.47. The van der Waals surface area contributed by atoms with Gasteiger partial charge in [0.2, 0.25) is 0 Å². The van der Waals surface area contributed by atoms with Gasteiger partial charge in [0, 0.05) is 11.5 Å². The molecule has 0 spiro atoms. The number of ether oxygens (including phenoxy) is 3. The quantitative estimate of drug-likeness (QED) is 0.120. The van der Waals surface area contributed by atoms with E-state index in [9.17, 15) is 9.59 Å². The maximum Gasteiger partial charge on any atom is 0.336 e. The van der Waals surface area contributed by atoms with Crippen molar-refractivity contribution in [2.24, 2.45) is 5.10 Å². The Balaban J connectivity index is 1.31. The van der Waals surface area contributed by atoms with Gasteiger partial charge in [-0.25, -0.2) is 10.2 Å². The van der Waals surface area contributed by atoms with Crippen LogP contribution in [0.15, 0.2) is 102 Å². The van der Waals surface area contributed by atoms with E-state index in [4.69, 9.17) is 14.2 Å². The second kappa shape index (κ2) is 12.0. The number of nitrogens with zero attached hydrogens (tertiary/aromatic N) is 1. The van der Waals surface area contributed by atoms with Gasteiger partial charge >= 0.3 is 5.97 Å². The Morgan fingerprint density at radius 2 is 1.61 bits per heavy atom. The van der Waals surface area contributed by atoms with Crippen molar-refractivity contribution in [1.82, 2.24) is 5.43 Å². The van der Waals surface area contributed by atoms with Crippen LogP contribution in [0.1, 0.15) is 11.1 Å². The van der Waals surface area contributed by atoms with E-state index in [-0.39, 0.29) is 12.4 Å². The highest BCUT2D eigenvalue weighted by atomic mass is 16.6. The van der Waals surface area contributed by atoms with Crippen LogP contribution in [0, 0.1) is 0 Å². The third-order valence-electron chi connectivity index (χ3n) is 5.12. The number of hydrogen-bond acceptors (Lipinski definition) is 6. The number of hydrogen-bond donors (Lipinski definition) is 1. The lowest BCUT2D eigenvalue weighted by Crippen LogP contribution is -2.24. The third-order valence-corrected chi connectivity index (χ3v) is 5.12. The van der Waals surface area contributed by atoms with Gasteiger partial charge in [0.25, 0.3) is 5.91 Å². The van der Waals surface area contributed by atoms with Crippen LogP contribution in [0.4, 0.5) is 0 Å². The Morgan fingerprint density at radius 1 is 0.833 bits per heavy atom. The first-order chi connectivity index (χ1) is 17.6. The number of hydrazone groups is 1. The maximum absolute atomic E-state index is 12.2. The number of nitrogens with one attached hydrogen (secondary N) is 1. The summed E-state index contributed by atoms with van der Waals surface area (Å²) < 4.78 is 16.4. The van der Waals surface area contributed by atoms with Crippen molar-refractivity contribution in [2.45, 2.75) is 0 Å². The second-order valence-corrected chi connectivity index (χ2v) is 7.63. The fourth-order valence-electron chi connectivity index (χ4n) is 3.40. The zero-order chi connectivity index (χ0) is 25.2. The number of rotatable bonds is 9. The molecule has 7 heteroatoms. The zero-order valence-corrected chi connectivity index (χ0v) is 19.6. The van der Waals surface area contributed by atoms with Crippen LogP contribution in [0.25, 0.3) is 16.8 Å². The predicted octanol–water partition coefficient (Wildman–Crippen LogP) is 5.00. The number of benzene rings is 4. The Bertz CT molecular complexity index is 1410. The Labute approximate surface area is 208 Å². The molecule has 0 atom stereocenters. The zero-order valence-electron chi connectivity index (χ0n) is 19.6. The highest BCUT2D eigenvalue weighted by molar-refractivity contribution is 5.90. The SMILES string of the molecule is COc1cc(C=NNC(=O)COc2cccc3ccccc23)ccc1OC(=O)C=Cc1ccccc1. The highest BCUT2D eigenvalue weighted by Gasteiger charge is 2.09. The van der Waals surface area contributed by atoms with E-state index < -0.39 is 11.9 Å². The minimum Gasteiger partial charge on any atom is -0.493 e. The van der Waals surface area contributed by atoms with Gasteiger partial charge in [-0.2, -0.15) is 5.10 Å². The molecule has 0 saturated carbocycles. The molecule has 0 aliphatic heterocycles. The van der Waals surface area contributed by atoms with Gasteiger partial charge in [-0.15, -0.1) is 0 Å². The summed E-state index contributed by atoms with van der Waals surface area (Å²) in [7, 11) is 1.47. The highest BCUT2D eigenvalue weighted by Crippen LogP contribution is 2.28. The molecule has 0 unspecified atom stereocenters. The van der Waals surface area contributed by atoms with Crippen molar-refractivity contribution in [3.63, 3.8) is 0 Å². The average Bonchev–Trinajstić information content (AvgIpc) is 2.92. The van der Waals surface area contributed by atoms with E-state index in [0.717, 1.165) is 16.3 Å². The molecule has 4 aromatic rings. The molecule has 0 bridgehead atoms. The number of amides is 1. The van der Waals surface area contributed by atoms with Gasteiger partial charge in [0.05, 0.1) is 13.3 Å². The van der Waals surface area contributed by atoms with Gasteiger partial charge in [-0.3, -0.25) is 4.79 Å². The summed E-state index contributed by atoms with van der Waals surface area (Å²) in [5, 5.41) is 5.93. The molecule has 36 heavy (non-hydrogen) atoms. The largest absolute Gasteiger partial charge is 0.493 e. The standard InChI is InChI=1S/C29H24N2O5/c1-34-27-18-22(14-16-26(27)36-29(33)17-15-21-8-3-2-4-9-21)19-30-31-28(32)20-35-25-13-7-11-23-10-5-6-12-24(23)25/h2-19H,20H2,1H3,(H,31,32). The van der Waals surface area contributed by atoms with Gasteiger partial charge in [0.1, 0.15) is 5.75 Å². The lowest BCUT2D eigenvalue weighted by atomic mass is 10.1. The molecular weight excluding hydrogens is 456 g/mol. The Hall–Kier alpha value is -4.91. The van der Waals surface area contributed by atoms with Crippen LogP contribution in [-0.2, 0) is 9.59 Å². The van der Waals surface area contributed by atoms with E-state index in [1.807, 2.05) is 72.8 Å². The molecule has 180 valence electrons. The number of methoxy groups -OCH3 is 1. The summed E-state index contributed by atoms with van der Waals surface area (Å²) >= 11 is 0. The monoisotopic (exact) mass is 480 g/mol. The Morgan fingerprint density at radius 3 is 2.44 bits per heavy atom. The summed E-state index contributed by atoms with van der Waals surface area (Å²) in [5.41, 5.74) is 3.96. The van der Waals surface area contributed by atoms with E-state index in [0.29, 0.717) is 17.1 Å². The number of carbonyl (C=O) groups excluding carboxylic acids is 2. The number of fused-ring (bicyclic) bond motifs is 1. The molecule has 1 amide bonds. The lowest BCUT2D eigenvalue weighted by Gasteiger charge is -2.09. The topological polar surface area (TPSA) is 86.2 Å². The van der Waals surface area contributed by atoms with Crippen molar-refractivity contribution < 1.29 is 23.8 Å². The second-order valence-electron chi connectivity index (χ2n) is 7.63. The van der Waals surface area contributed by atoms with Crippen LogP contribution < -0.4 is 19.6 Å². The van der Waals surface area contributed by atoms with Crippen molar-refractivity contribution in [3.05, 3.63) is 108 Å². The molecule has 0 aliphatic rings. The smallest absolute Gasteiger partial charge is 0.336 e. The first-order valence-corrected chi connectivity index (χ1v) is 11.2. The predicted molar refractivity (Wildman–Crippen MR) is 139 cm³/mol. The van der Waals surface area contributed by atoms with Crippen LogP contribution in [0.5, 0.6) is 17.2 Å². The molecule has 0 aliphatic carbocycles. The van der Waals surface area contributed by atoms with Crippen LogP contribution >= 0.6 is 0 Å². The van der Waals surface area contributed by atoms with Gasteiger partial charge in [-0.05, 0) is 46.9 Å². The molecule has 0 heterocycles. The summed E-state index contributed by atoms with van der Waals surface area (Å²) in [6.45, 7) is -0.180. The van der Waals surface area contributed by atoms with E-state index >= 15 is 0 Å². The first kappa shape index (κ1) is 24.2.